The van der Waals surface area contributed by atoms with E-state index in [1.807, 2.05) is 41.3 Å². The summed E-state index contributed by atoms with van der Waals surface area (Å²) in [6.45, 7) is 3.27. The largest absolute Gasteiger partial charge is 0.379 e. The van der Waals surface area contributed by atoms with Crippen LogP contribution in [-0.4, -0.2) is 64.6 Å². The molecule has 7 heteroatoms. The van der Waals surface area contributed by atoms with Crippen LogP contribution in [0.4, 0.5) is 5.95 Å². The Morgan fingerprint density at radius 1 is 0.964 bits per heavy atom. The molecule has 0 aliphatic carbocycles. The second kappa shape index (κ2) is 7.16. The Labute approximate surface area is 163 Å². The highest BCUT2D eigenvalue weighted by molar-refractivity contribution is 5.98. The zero-order valence-electron chi connectivity index (χ0n) is 15.4. The van der Waals surface area contributed by atoms with Crippen molar-refractivity contribution in [2.45, 2.75) is 6.04 Å². The van der Waals surface area contributed by atoms with Crippen LogP contribution in [0.1, 0.15) is 10.4 Å². The van der Waals surface area contributed by atoms with Crippen LogP contribution in [-0.2, 0) is 4.74 Å². The molecule has 142 valence electrons. The van der Waals surface area contributed by atoms with Crippen LogP contribution in [0.25, 0.3) is 10.9 Å². The summed E-state index contributed by atoms with van der Waals surface area (Å²) < 4.78 is 5.86. The number of ether oxygens (including phenoxy) is 1. The van der Waals surface area contributed by atoms with Crippen molar-refractivity contribution >= 4 is 22.8 Å². The second-order valence-corrected chi connectivity index (χ2v) is 7.38. The molecule has 7 nitrogen and oxygen atoms in total. The molecular formula is C21H21N5O2. The average Bonchev–Trinajstić information content (AvgIpc) is 3.05. The van der Waals surface area contributed by atoms with Crippen molar-refractivity contribution in [1.82, 2.24) is 19.9 Å². The Balaban J connectivity index is 1.43. The number of anilines is 1. The number of rotatable bonds is 2. The molecular weight excluding hydrogens is 354 g/mol. The Morgan fingerprint density at radius 3 is 2.71 bits per heavy atom. The summed E-state index contributed by atoms with van der Waals surface area (Å²) in [5.41, 5.74) is 1.59. The summed E-state index contributed by atoms with van der Waals surface area (Å²) in [4.78, 5) is 30.6. The minimum atomic E-state index is 0.0426. The highest BCUT2D eigenvalue weighted by Gasteiger charge is 2.36. The third-order valence-electron chi connectivity index (χ3n) is 5.42. The van der Waals surface area contributed by atoms with E-state index in [1.54, 1.807) is 18.6 Å². The quantitative estimate of drug-likeness (QED) is 0.682. The van der Waals surface area contributed by atoms with Crippen molar-refractivity contribution in [2.24, 2.45) is 5.92 Å². The number of benzene rings is 1. The van der Waals surface area contributed by atoms with E-state index in [4.69, 9.17) is 4.74 Å². The normalized spacial score (nSPS) is 22.1. The Hall–Kier alpha value is -3.06. The van der Waals surface area contributed by atoms with Crippen LogP contribution in [0.3, 0.4) is 0 Å². The van der Waals surface area contributed by atoms with Gasteiger partial charge in [-0.25, -0.2) is 9.97 Å². The topological polar surface area (TPSA) is 71.5 Å². The number of hydrogen-bond donors (Lipinski definition) is 0. The molecule has 3 aromatic rings. The van der Waals surface area contributed by atoms with E-state index in [2.05, 4.69) is 19.9 Å². The molecule has 0 spiro atoms. The third-order valence-corrected chi connectivity index (χ3v) is 5.42. The van der Waals surface area contributed by atoms with Crippen molar-refractivity contribution in [3.05, 3.63) is 60.6 Å². The van der Waals surface area contributed by atoms with Crippen LogP contribution < -0.4 is 4.90 Å². The molecule has 2 aliphatic heterocycles. The average molecular weight is 375 g/mol. The van der Waals surface area contributed by atoms with Crippen LogP contribution in [0.5, 0.6) is 0 Å². The van der Waals surface area contributed by atoms with E-state index in [0.29, 0.717) is 37.8 Å². The van der Waals surface area contributed by atoms with E-state index in [1.165, 1.54) is 0 Å². The molecule has 2 bridgehead atoms. The highest BCUT2D eigenvalue weighted by Crippen LogP contribution is 2.24. The summed E-state index contributed by atoms with van der Waals surface area (Å²) in [5, 5.41) is 0.978. The van der Waals surface area contributed by atoms with Gasteiger partial charge in [0.15, 0.2) is 0 Å². The van der Waals surface area contributed by atoms with Gasteiger partial charge in [-0.3, -0.25) is 9.78 Å². The van der Waals surface area contributed by atoms with Crippen LogP contribution in [0.2, 0.25) is 0 Å². The smallest absolute Gasteiger partial charge is 0.253 e. The summed E-state index contributed by atoms with van der Waals surface area (Å²) in [6, 6.07) is 11.4. The zero-order valence-corrected chi connectivity index (χ0v) is 15.4. The maximum atomic E-state index is 13.3. The second-order valence-electron chi connectivity index (χ2n) is 7.38. The number of carbonyl (C=O) groups excluding carboxylic acids is 1. The minimum Gasteiger partial charge on any atom is -0.379 e. The van der Waals surface area contributed by atoms with Crippen molar-refractivity contribution in [3.63, 3.8) is 0 Å². The van der Waals surface area contributed by atoms with Crippen molar-refractivity contribution in [1.29, 1.82) is 0 Å². The molecule has 0 N–H and O–H groups in total. The van der Waals surface area contributed by atoms with E-state index >= 15 is 0 Å². The summed E-state index contributed by atoms with van der Waals surface area (Å²) in [7, 11) is 0. The lowest BCUT2D eigenvalue weighted by Crippen LogP contribution is -2.46. The SMILES string of the molecule is O=C(c1ccc2ncccc2c1)N1C[C@@H]2COC[C@H](C1)N(c1ncccn1)C2. The number of amides is 1. The zero-order chi connectivity index (χ0) is 18.9. The molecule has 2 atom stereocenters. The van der Waals surface area contributed by atoms with E-state index in [0.717, 1.165) is 17.4 Å². The van der Waals surface area contributed by atoms with Crippen LogP contribution >= 0.6 is 0 Å². The summed E-state index contributed by atoms with van der Waals surface area (Å²) >= 11 is 0. The molecule has 5 rings (SSSR count). The monoisotopic (exact) mass is 375 g/mol. The van der Waals surface area contributed by atoms with Gasteiger partial charge in [0.2, 0.25) is 5.95 Å². The number of nitrogens with zero attached hydrogens (tertiary/aromatic N) is 5. The molecule has 0 saturated carbocycles. The third kappa shape index (κ3) is 3.18. The molecule has 4 heterocycles. The van der Waals surface area contributed by atoms with Crippen molar-refractivity contribution in [2.75, 3.05) is 37.7 Å². The maximum Gasteiger partial charge on any atom is 0.253 e. The molecule has 2 aliphatic rings. The lowest BCUT2D eigenvalue weighted by Gasteiger charge is -2.31. The molecule has 0 radical (unpaired) electrons. The molecule has 1 amide bonds. The molecule has 0 unspecified atom stereocenters. The van der Waals surface area contributed by atoms with Gasteiger partial charge in [-0.05, 0) is 30.3 Å². The van der Waals surface area contributed by atoms with Gasteiger partial charge < -0.3 is 14.5 Å². The first-order valence-corrected chi connectivity index (χ1v) is 9.53. The number of carbonyl (C=O) groups is 1. The standard InChI is InChI=1S/C21H21N5O2/c27-20(17-4-5-19-16(9-17)3-1-6-22-19)25-10-15-11-26(18(12-25)14-28-13-15)21-23-7-2-8-24-21/h1-9,15,18H,10-14H2/t15-,18-/m0/s1. The lowest BCUT2D eigenvalue weighted by atomic mass is 10.1. The predicted octanol–water partition coefficient (Wildman–Crippen LogP) is 2.00. The van der Waals surface area contributed by atoms with Gasteiger partial charge in [-0.15, -0.1) is 0 Å². The van der Waals surface area contributed by atoms with Gasteiger partial charge in [0.1, 0.15) is 0 Å². The number of pyridine rings is 1. The first-order valence-electron chi connectivity index (χ1n) is 9.53. The fraction of sp³-hybridized carbons (Fsp3) is 0.333. The summed E-state index contributed by atoms with van der Waals surface area (Å²) in [5.74, 6) is 0.981. The Kier molecular flexibility index (Phi) is 4.37. The Morgan fingerprint density at radius 2 is 1.82 bits per heavy atom. The van der Waals surface area contributed by atoms with Crippen LogP contribution in [0, 0.1) is 5.92 Å². The molecule has 2 fully saturated rings. The lowest BCUT2D eigenvalue weighted by molar-refractivity contribution is 0.0496. The van der Waals surface area contributed by atoms with Gasteiger partial charge in [-0.1, -0.05) is 6.07 Å². The molecule has 28 heavy (non-hydrogen) atoms. The van der Waals surface area contributed by atoms with E-state index in [-0.39, 0.29) is 17.9 Å². The Bertz CT molecular complexity index is 996. The molecule has 2 saturated heterocycles. The van der Waals surface area contributed by atoms with Gasteiger partial charge >= 0.3 is 0 Å². The van der Waals surface area contributed by atoms with Crippen molar-refractivity contribution < 1.29 is 9.53 Å². The van der Waals surface area contributed by atoms with Gasteiger partial charge in [-0.2, -0.15) is 0 Å². The van der Waals surface area contributed by atoms with Crippen molar-refractivity contribution in [3.8, 4) is 0 Å². The fourth-order valence-corrected chi connectivity index (χ4v) is 4.08. The molecule has 1 aromatic carbocycles. The number of hydrogen-bond acceptors (Lipinski definition) is 6. The predicted molar refractivity (Wildman–Crippen MR) is 105 cm³/mol. The number of aromatic nitrogens is 3. The number of fused-ring (bicyclic) bond motifs is 4. The highest BCUT2D eigenvalue weighted by atomic mass is 16.5. The first kappa shape index (κ1) is 17.1. The van der Waals surface area contributed by atoms with Gasteiger partial charge in [0, 0.05) is 55.1 Å². The van der Waals surface area contributed by atoms with E-state index in [9.17, 15) is 4.79 Å². The van der Waals surface area contributed by atoms with Crippen LogP contribution in [0.15, 0.2) is 55.0 Å². The van der Waals surface area contributed by atoms with E-state index < -0.39 is 0 Å². The summed E-state index contributed by atoms with van der Waals surface area (Å²) in [6.07, 6.45) is 5.27. The fourth-order valence-electron chi connectivity index (χ4n) is 4.08. The minimum absolute atomic E-state index is 0.0426. The van der Waals surface area contributed by atoms with Gasteiger partial charge in [0.05, 0.1) is 24.8 Å². The maximum absolute atomic E-state index is 13.3. The first-order chi connectivity index (χ1) is 13.8. The van der Waals surface area contributed by atoms with Gasteiger partial charge in [0.25, 0.3) is 5.91 Å². The molecule has 2 aromatic heterocycles.